The lowest BCUT2D eigenvalue weighted by Gasteiger charge is -2.29. The maximum absolute atomic E-state index is 2.43. The molecule has 0 bridgehead atoms. The van der Waals surface area contributed by atoms with E-state index < -0.39 is 0 Å². The summed E-state index contributed by atoms with van der Waals surface area (Å²) in [6.45, 7) is 4.54. The van der Waals surface area contributed by atoms with Crippen molar-refractivity contribution >= 4 is 121 Å². The first kappa shape index (κ1) is 85.2. The van der Waals surface area contributed by atoms with E-state index in [1.54, 1.807) is 0 Å². The van der Waals surface area contributed by atoms with Gasteiger partial charge in [0.15, 0.2) is 0 Å². The van der Waals surface area contributed by atoms with E-state index >= 15 is 0 Å². The number of fused-ring (bicyclic) bond motifs is 10. The van der Waals surface area contributed by atoms with Crippen molar-refractivity contribution in [1.29, 1.82) is 0 Å². The Morgan fingerprint density at radius 2 is 0.366 bits per heavy atom. The van der Waals surface area contributed by atoms with Gasteiger partial charge in [-0.2, -0.15) is 0 Å². The van der Waals surface area contributed by atoms with Crippen LogP contribution in [0.1, 0.15) is 11.1 Å². The largest absolute Gasteiger partial charge is 0.311 e. The third kappa shape index (κ3) is 15.7. The molecule has 24 aromatic carbocycles. The van der Waals surface area contributed by atoms with Crippen LogP contribution in [0, 0.1) is 13.8 Å². The van der Waals surface area contributed by atoms with E-state index in [1.165, 1.54) is 209 Å². The molecule has 0 radical (unpaired) electrons. The maximum atomic E-state index is 2.43. The molecule has 0 N–H and O–H groups in total. The lowest BCUT2D eigenvalue weighted by atomic mass is 9.84. The fraction of sp³-hybridized carbons (Fsp3) is 0.0145. The van der Waals surface area contributed by atoms with Gasteiger partial charge in [-0.25, -0.2) is 0 Å². The third-order valence-corrected chi connectivity index (χ3v) is 28.6. The van der Waals surface area contributed by atoms with Gasteiger partial charge in [0.05, 0.1) is 22.1 Å². The number of rotatable bonds is 18. The van der Waals surface area contributed by atoms with Crippen molar-refractivity contribution in [3.63, 3.8) is 0 Å². The minimum Gasteiger partial charge on any atom is -0.311 e. The Morgan fingerprint density at radius 1 is 0.141 bits per heavy atom. The summed E-state index contributed by atoms with van der Waals surface area (Å²) < 4.78 is 4.84. The highest BCUT2D eigenvalue weighted by molar-refractivity contribution is 6.24. The summed E-state index contributed by atoms with van der Waals surface area (Å²) in [6, 6.07) is 199. The highest BCUT2D eigenvalue weighted by Gasteiger charge is 2.27. The monoisotopic (exact) mass is 1810 g/mol. The Kier molecular flexibility index (Phi) is 22.1. The van der Waals surface area contributed by atoms with Gasteiger partial charge in [0, 0.05) is 67.0 Å². The van der Waals surface area contributed by atoms with Gasteiger partial charge in [-0.05, 0) is 337 Å². The molecule has 0 atom stereocenters. The second-order valence-electron chi connectivity index (χ2n) is 37.0. The van der Waals surface area contributed by atoms with Gasteiger partial charge in [-0.15, -0.1) is 0 Å². The van der Waals surface area contributed by atoms with Crippen molar-refractivity contribution in [3.8, 4) is 123 Å². The van der Waals surface area contributed by atoms with E-state index in [0.717, 1.165) is 45.5 Å². The van der Waals surface area contributed by atoms with Crippen molar-refractivity contribution in [2.45, 2.75) is 13.8 Å². The molecule has 2 aromatic heterocycles. The number of para-hydroxylation sites is 2. The minimum absolute atomic E-state index is 1.08. The molecule has 0 saturated carbocycles. The zero-order valence-electron chi connectivity index (χ0n) is 78.8. The molecular weight excluding hydrogens is 1710 g/mol. The molecule has 2 heterocycles. The van der Waals surface area contributed by atoms with Crippen LogP contribution in [0.5, 0.6) is 0 Å². The van der Waals surface area contributed by atoms with Crippen LogP contribution in [-0.4, -0.2) is 9.13 Å². The summed E-state index contributed by atoms with van der Waals surface area (Å²) in [7, 11) is 0. The number of hydrogen-bond donors (Lipinski definition) is 0. The molecular formula is C138H96N4. The highest BCUT2D eigenvalue weighted by atomic mass is 15.2. The van der Waals surface area contributed by atoms with Gasteiger partial charge in [0.2, 0.25) is 0 Å². The number of benzene rings is 24. The van der Waals surface area contributed by atoms with Crippen LogP contribution >= 0.6 is 0 Å². The van der Waals surface area contributed by atoms with Crippen LogP contribution in [0.2, 0.25) is 0 Å². The summed E-state index contributed by atoms with van der Waals surface area (Å²) in [6.07, 6.45) is 0. The van der Waals surface area contributed by atoms with Gasteiger partial charge in [-0.1, -0.05) is 388 Å². The number of aryl methyl sites for hydroxylation is 2. The van der Waals surface area contributed by atoms with Gasteiger partial charge in [0.25, 0.3) is 0 Å². The maximum Gasteiger partial charge on any atom is 0.0541 e. The van der Waals surface area contributed by atoms with E-state index in [-0.39, 0.29) is 0 Å². The Balaban J connectivity index is 0.000000149. The van der Waals surface area contributed by atoms with Crippen molar-refractivity contribution in [2.24, 2.45) is 0 Å². The van der Waals surface area contributed by atoms with Crippen molar-refractivity contribution in [3.05, 3.63) is 557 Å². The average Bonchev–Trinajstić information content (AvgIpc) is 1.17. The molecule has 0 saturated heterocycles. The number of hydrogen-bond acceptors (Lipinski definition) is 2. The van der Waals surface area contributed by atoms with E-state index in [0.29, 0.717) is 0 Å². The smallest absolute Gasteiger partial charge is 0.0541 e. The molecule has 26 rings (SSSR count). The van der Waals surface area contributed by atoms with Gasteiger partial charge >= 0.3 is 0 Å². The predicted molar refractivity (Wildman–Crippen MR) is 605 cm³/mol. The fourth-order valence-corrected chi connectivity index (χ4v) is 21.9. The molecule has 0 aliphatic rings. The summed E-state index contributed by atoms with van der Waals surface area (Å²) >= 11 is 0. The highest BCUT2D eigenvalue weighted by Crippen LogP contribution is 2.51. The molecule has 0 amide bonds. The Hall–Kier alpha value is -18.5. The second kappa shape index (κ2) is 36.9. The zero-order valence-corrected chi connectivity index (χ0v) is 78.8. The van der Waals surface area contributed by atoms with Crippen LogP contribution in [0.15, 0.2) is 546 Å². The van der Waals surface area contributed by atoms with Crippen LogP contribution in [0.4, 0.5) is 34.1 Å². The Morgan fingerprint density at radius 3 is 0.676 bits per heavy atom. The third-order valence-electron chi connectivity index (χ3n) is 28.6. The summed E-state index contributed by atoms with van der Waals surface area (Å²) in [5.74, 6) is 0. The topological polar surface area (TPSA) is 16.3 Å². The number of anilines is 6. The minimum atomic E-state index is 1.08. The molecule has 668 valence electrons. The fourth-order valence-electron chi connectivity index (χ4n) is 21.9. The first-order chi connectivity index (χ1) is 70.3. The van der Waals surface area contributed by atoms with Crippen molar-refractivity contribution in [2.75, 3.05) is 9.80 Å². The molecule has 0 spiro atoms. The first-order valence-electron chi connectivity index (χ1n) is 49.0. The molecule has 26 aromatic rings. The normalized spacial score (nSPS) is 11.5. The Bertz CT molecular complexity index is 8910. The molecule has 0 aliphatic carbocycles. The van der Waals surface area contributed by atoms with Crippen molar-refractivity contribution < 1.29 is 0 Å². The second-order valence-corrected chi connectivity index (χ2v) is 37.0. The van der Waals surface area contributed by atoms with Crippen molar-refractivity contribution in [1.82, 2.24) is 9.13 Å². The summed E-state index contributed by atoms with van der Waals surface area (Å²) in [5, 5.41) is 14.9. The predicted octanol–water partition coefficient (Wildman–Crippen LogP) is 38.4. The average molecular weight is 1810 g/mol. The van der Waals surface area contributed by atoms with E-state index in [2.05, 4.69) is 579 Å². The molecule has 4 heteroatoms. The molecule has 142 heavy (non-hydrogen) atoms. The number of nitrogens with zero attached hydrogens (tertiary/aromatic N) is 4. The van der Waals surface area contributed by atoms with Crippen LogP contribution in [0.25, 0.3) is 209 Å². The SMILES string of the molecule is Cc1cc(N(c2ccccc2)c2ccc(-n3c4ccc(-c5ccccc5)cc4c4cc(-c5ccccc5)ccc43)cc2)c(C)cc1-c1c2ccccc2c(-c2cccc(-c3ccccc3)c2)c2ccccc12.c1ccc(-c2cccc(-c3c4ccccc4c(-c4ccc(N(c5ccccc5)c5ccc(-n6c7ccc(-c8ccccc8)cc7c7cc(-c8ccccc8)ccc76)cc5)cc4)c4ccccc34)c2)cc1. The van der Waals surface area contributed by atoms with Crippen LogP contribution in [-0.2, 0) is 0 Å². The summed E-state index contributed by atoms with van der Waals surface area (Å²) in [4.78, 5) is 4.77. The van der Waals surface area contributed by atoms with Gasteiger partial charge < -0.3 is 18.9 Å². The van der Waals surface area contributed by atoms with Gasteiger partial charge in [-0.3, -0.25) is 0 Å². The van der Waals surface area contributed by atoms with E-state index in [4.69, 9.17) is 0 Å². The van der Waals surface area contributed by atoms with E-state index in [9.17, 15) is 0 Å². The molecule has 0 fully saturated rings. The zero-order chi connectivity index (χ0) is 94.5. The lowest BCUT2D eigenvalue weighted by molar-refractivity contribution is 1.17. The lowest BCUT2D eigenvalue weighted by Crippen LogP contribution is -2.12. The quantitative estimate of drug-likeness (QED) is 0.0796. The number of aromatic nitrogens is 2. The van der Waals surface area contributed by atoms with Crippen LogP contribution < -0.4 is 9.80 Å². The van der Waals surface area contributed by atoms with Gasteiger partial charge in [0.1, 0.15) is 0 Å². The molecule has 0 unspecified atom stereocenters. The molecule has 4 nitrogen and oxygen atoms in total. The van der Waals surface area contributed by atoms with Crippen LogP contribution in [0.3, 0.4) is 0 Å². The standard InChI is InChI=1S/C70H50N2.C68H46N2/c1-47-43-68(48(2)42-63(47)70-61-32-17-15-30-59(61)69(60-31-16-18-33-62(60)70)55-27-19-26-52(44-55)49-20-7-3-8-21-49)71(56-28-13-6-14-29-56)57-36-38-58(39-37-57)72-66-40-34-53(50-22-9-4-10-23-50)45-64(66)65-46-54(35-41-67(65)72)51-24-11-5-12-25-51;1-5-18-47(19-6-1)51-24-17-25-54(44-51)68-61-30-15-13-28-59(61)67(60-29-14-16-31-62(60)68)50-32-36-56(37-33-50)69(55-26-11-4-12-27-55)57-38-40-58(41-39-57)70-65-42-34-52(48-20-7-2-8-21-48)45-63(65)64-46-53(35-43-66(64)70)49-22-9-3-10-23-49/h3-46H,1-2H3;1-46H. The summed E-state index contributed by atoms with van der Waals surface area (Å²) in [5.41, 5.74) is 40.4. The van der Waals surface area contributed by atoms with E-state index in [1.807, 2.05) is 0 Å². The molecule has 0 aliphatic heterocycles. The Labute approximate surface area is 827 Å². The first-order valence-corrected chi connectivity index (χ1v) is 49.0.